The molecule has 2 rings (SSSR count). The van der Waals surface area contributed by atoms with E-state index in [1.165, 1.54) is 0 Å². The fraction of sp³-hybridized carbons (Fsp3) is 0.818. The Hall–Kier alpha value is -0.980. The van der Waals surface area contributed by atoms with Crippen molar-refractivity contribution in [3.63, 3.8) is 0 Å². The molecule has 0 aliphatic carbocycles. The Kier molecular flexibility index (Phi) is 3.76. The van der Waals surface area contributed by atoms with Gasteiger partial charge in [0, 0.05) is 19.6 Å². The first-order valence-electron chi connectivity index (χ1n) is 6.12. The molecule has 2 heterocycles. The van der Waals surface area contributed by atoms with E-state index in [0.29, 0.717) is 0 Å². The molecular weight excluding hydrogens is 218 g/mol. The first kappa shape index (κ1) is 12.5. The van der Waals surface area contributed by atoms with Crippen LogP contribution in [0.2, 0.25) is 0 Å². The number of nitrogens with one attached hydrogen (secondary N) is 1. The molecule has 0 fully saturated rings. The van der Waals surface area contributed by atoms with Crippen LogP contribution < -0.4 is 5.32 Å². The summed E-state index contributed by atoms with van der Waals surface area (Å²) in [5.74, 6) is 1.01. The van der Waals surface area contributed by atoms with E-state index in [9.17, 15) is 5.11 Å². The zero-order chi connectivity index (χ0) is 12.3. The number of likely N-dealkylation sites (N-methyl/N-ethyl adjacent to an activating group) is 1. The van der Waals surface area contributed by atoms with Crippen molar-refractivity contribution < 1.29 is 5.11 Å². The smallest absolute Gasteiger partial charge is 0.147 e. The molecule has 6 heteroatoms. The van der Waals surface area contributed by atoms with Gasteiger partial charge in [0.1, 0.15) is 12.2 Å². The molecule has 1 aliphatic heterocycles. The molecule has 1 unspecified atom stereocenters. The second-order valence-electron chi connectivity index (χ2n) is 4.90. The standard InChI is InChI=1S/C11H21N5O/c1-3-12-11(2,8-17)7-15-4-5-16-9-13-14-10(16)6-15/h9,12,17H,3-8H2,1-2H3. The number of hydrogen-bond donors (Lipinski definition) is 2. The summed E-state index contributed by atoms with van der Waals surface area (Å²) < 4.78 is 2.08. The van der Waals surface area contributed by atoms with E-state index >= 15 is 0 Å². The SMILES string of the molecule is CCNC(C)(CO)CN1CCn2cnnc2C1. The third-order valence-corrected chi connectivity index (χ3v) is 3.24. The highest BCUT2D eigenvalue weighted by Gasteiger charge is 2.27. The first-order valence-corrected chi connectivity index (χ1v) is 6.12. The Balaban J connectivity index is 1.97. The lowest BCUT2D eigenvalue weighted by Crippen LogP contribution is -2.55. The second kappa shape index (κ2) is 5.12. The third-order valence-electron chi connectivity index (χ3n) is 3.24. The highest BCUT2D eigenvalue weighted by molar-refractivity contribution is 4.93. The number of aliphatic hydroxyl groups excluding tert-OH is 1. The average molecular weight is 239 g/mol. The topological polar surface area (TPSA) is 66.2 Å². The molecule has 1 atom stereocenters. The van der Waals surface area contributed by atoms with Crippen molar-refractivity contribution in [2.45, 2.75) is 32.5 Å². The molecule has 96 valence electrons. The van der Waals surface area contributed by atoms with E-state index in [4.69, 9.17) is 0 Å². The summed E-state index contributed by atoms with van der Waals surface area (Å²) in [6.07, 6.45) is 1.78. The molecule has 0 saturated carbocycles. The number of aliphatic hydroxyl groups is 1. The maximum atomic E-state index is 9.48. The van der Waals surface area contributed by atoms with Crippen LogP contribution in [0.5, 0.6) is 0 Å². The molecule has 0 radical (unpaired) electrons. The number of fused-ring (bicyclic) bond motifs is 1. The minimum atomic E-state index is -0.239. The van der Waals surface area contributed by atoms with Gasteiger partial charge in [-0.25, -0.2) is 0 Å². The highest BCUT2D eigenvalue weighted by atomic mass is 16.3. The third kappa shape index (κ3) is 2.83. The molecule has 6 nitrogen and oxygen atoms in total. The first-order chi connectivity index (χ1) is 8.17. The molecule has 1 aromatic heterocycles. The van der Waals surface area contributed by atoms with Crippen molar-refractivity contribution in [1.29, 1.82) is 0 Å². The van der Waals surface area contributed by atoms with Gasteiger partial charge in [0.15, 0.2) is 0 Å². The van der Waals surface area contributed by atoms with Crippen molar-refractivity contribution in [2.24, 2.45) is 0 Å². The molecule has 1 aromatic rings. The summed E-state index contributed by atoms with van der Waals surface area (Å²) in [5, 5.41) is 20.8. The van der Waals surface area contributed by atoms with Gasteiger partial charge in [-0.1, -0.05) is 6.92 Å². The predicted octanol–water partition coefficient (Wildman–Crippen LogP) is -0.546. The number of rotatable bonds is 5. The van der Waals surface area contributed by atoms with Crippen LogP contribution >= 0.6 is 0 Å². The maximum absolute atomic E-state index is 9.48. The van der Waals surface area contributed by atoms with Crippen LogP contribution in [0.25, 0.3) is 0 Å². The van der Waals surface area contributed by atoms with E-state index in [1.807, 2.05) is 0 Å². The van der Waals surface area contributed by atoms with E-state index in [2.05, 4.69) is 38.8 Å². The highest BCUT2D eigenvalue weighted by Crippen LogP contribution is 2.13. The van der Waals surface area contributed by atoms with E-state index in [-0.39, 0.29) is 12.1 Å². The fourth-order valence-corrected chi connectivity index (χ4v) is 2.33. The van der Waals surface area contributed by atoms with Crippen molar-refractivity contribution >= 4 is 0 Å². The van der Waals surface area contributed by atoms with Gasteiger partial charge >= 0.3 is 0 Å². The maximum Gasteiger partial charge on any atom is 0.147 e. The molecule has 17 heavy (non-hydrogen) atoms. The van der Waals surface area contributed by atoms with Gasteiger partial charge in [-0.05, 0) is 13.5 Å². The summed E-state index contributed by atoms with van der Waals surface area (Å²) in [6, 6.07) is 0. The van der Waals surface area contributed by atoms with Gasteiger partial charge in [-0.2, -0.15) is 0 Å². The van der Waals surface area contributed by atoms with Crippen molar-refractivity contribution in [1.82, 2.24) is 25.0 Å². The Morgan fingerprint density at radius 1 is 1.53 bits per heavy atom. The average Bonchev–Trinajstić information content (AvgIpc) is 2.76. The van der Waals surface area contributed by atoms with Gasteiger partial charge < -0.3 is 15.0 Å². The lowest BCUT2D eigenvalue weighted by atomic mass is 10.0. The predicted molar refractivity (Wildman–Crippen MR) is 64.5 cm³/mol. The fourth-order valence-electron chi connectivity index (χ4n) is 2.33. The van der Waals surface area contributed by atoms with Crippen LogP contribution in [0.1, 0.15) is 19.7 Å². The number of hydrogen-bond acceptors (Lipinski definition) is 5. The molecule has 0 amide bonds. The monoisotopic (exact) mass is 239 g/mol. The molecule has 0 bridgehead atoms. The molecule has 0 saturated heterocycles. The van der Waals surface area contributed by atoms with Crippen LogP contribution in [0, 0.1) is 0 Å². The van der Waals surface area contributed by atoms with E-state index in [1.54, 1.807) is 6.33 Å². The van der Waals surface area contributed by atoms with Crippen LogP contribution in [0.3, 0.4) is 0 Å². The normalized spacial score (nSPS) is 19.9. The van der Waals surface area contributed by atoms with Gasteiger partial charge in [-0.3, -0.25) is 4.90 Å². The lowest BCUT2D eigenvalue weighted by molar-refractivity contribution is 0.105. The summed E-state index contributed by atoms with van der Waals surface area (Å²) in [4.78, 5) is 2.31. The van der Waals surface area contributed by atoms with Crippen molar-refractivity contribution in [2.75, 3.05) is 26.2 Å². The van der Waals surface area contributed by atoms with Gasteiger partial charge in [0.25, 0.3) is 0 Å². The summed E-state index contributed by atoms with van der Waals surface area (Å²) in [5.41, 5.74) is -0.239. The Bertz CT molecular complexity index is 366. The molecule has 0 spiro atoms. The molecule has 1 aliphatic rings. The number of nitrogens with zero attached hydrogens (tertiary/aromatic N) is 4. The van der Waals surface area contributed by atoms with Gasteiger partial charge in [-0.15, -0.1) is 10.2 Å². The van der Waals surface area contributed by atoms with Gasteiger partial charge in [0.2, 0.25) is 0 Å². The Labute approximate surface area is 102 Å². The van der Waals surface area contributed by atoms with Crippen LogP contribution in [0.15, 0.2) is 6.33 Å². The quantitative estimate of drug-likeness (QED) is 0.722. The van der Waals surface area contributed by atoms with E-state index < -0.39 is 0 Å². The van der Waals surface area contributed by atoms with Crippen molar-refractivity contribution in [3.8, 4) is 0 Å². The molecule has 0 aromatic carbocycles. The zero-order valence-corrected chi connectivity index (χ0v) is 10.6. The van der Waals surface area contributed by atoms with E-state index in [0.717, 1.165) is 38.5 Å². The Morgan fingerprint density at radius 3 is 3.06 bits per heavy atom. The number of aromatic nitrogens is 3. The van der Waals surface area contributed by atoms with Crippen LogP contribution in [-0.2, 0) is 13.1 Å². The molecule has 2 N–H and O–H groups in total. The summed E-state index contributed by atoms with van der Waals surface area (Å²) in [7, 11) is 0. The largest absolute Gasteiger partial charge is 0.394 e. The minimum Gasteiger partial charge on any atom is -0.394 e. The minimum absolute atomic E-state index is 0.143. The van der Waals surface area contributed by atoms with Crippen LogP contribution in [0.4, 0.5) is 0 Å². The Morgan fingerprint density at radius 2 is 2.35 bits per heavy atom. The summed E-state index contributed by atoms with van der Waals surface area (Å²) in [6.45, 7) is 8.65. The second-order valence-corrected chi connectivity index (χ2v) is 4.90. The zero-order valence-electron chi connectivity index (χ0n) is 10.6. The lowest BCUT2D eigenvalue weighted by Gasteiger charge is -2.36. The summed E-state index contributed by atoms with van der Waals surface area (Å²) >= 11 is 0. The van der Waals surface area contributed by atoms with Crippen molar-refractivity contribution in [3.05, 3.63) is 12.2 Å². The van der Waals surface area contributed by atoms with Crippen LogP contribution in [-0.4, -0.2) is 56.6 Å². The van der Waals surface area contributed by atoms with Gasteiger partial charge in [0.05, 0.1) is 18.7 Å². The molecular formula is C11H21N5O.